The largest absolute Gasteiger partial charge is 0.337 e. The molecule has 0 bridgehead atoms. The maximum absolute atomic E-state index is 13.4. The molecule has 1 saturated heterocycles. The Balaban J connectivity index is 1.62. The Labute approximate surface area is 168 Å². The topological polar surface area (TPSA) is 88.3 Å². The van der Waals surface area contributed by atoms with Crippen molar-refractivity contribution < 1.29 is 14.1 Å². The maximum atomic E-state index is 13.4. The van der Waals surface area contributed by atoms with E-state index in [0.29, 0.717) is 12.2 Å². The van der Waals surface area contributed by atoms with E-state index < -0.39 is 11.6 Å². The third-order valence-electron chi connectivity index (χ3n) is 4.95. The van der Waals surface area contributed by atoms with Gasteiger partial charge in [0.1, 0.15) is 12.1 Å². The first-order valence-electron chi connectivity index (χ1n) is 9.57. The molecule has 1 aliphatic heterocycles. The van der Waals surface area contributed by atoms with Crippen LogP contribution in [0.5, 0.6) is 0 Å². The highest BCUT2D eigenvalue weighted by molar-refractivity contribution is 6.07. The molecular formula is C22H22N4O3. The Kier molecular flexibility index (Phi) is 4.88. The molecule has 3 aromatic rings. The van der Waals surface area contributed by atoms with Crippen molar-refractivity contribution in [1.29, 1.82) is 0 Å². The lowest BCUT2D eigenvalue weighted by molar-refractivity contribution is -0.132. The fraction of sp³-hybridized carbons (Fsp3) is 0.273. The van der Waals surface area contributed by atoms with Gasteiger partial charge in [0, 0.05) is 5.56 Å². The number of imide groups is 1. The minimum atomic E-state index is -1.09. The van der Waals surface area contributed by atoms with Crippen LogP contribution in [-0.4, -0.2) is 27.0 Å². The molecule has 0 saturated carbocycles. The molecule has 3 amide bonds. The van der Waals surface area contributed by atoms with Crippen molar-refractivity contribution in [2.75, 3.05) is 0 Å². The van der Waals surface area contributed by atoms with Gasteiger partial charge in [-0.1, -0.05) is 79.7 Å². The molecule has 29 heavy (non-hydrogen) atoms. The van der Waals surface area contributed by atoms with E-state index in [0.717, 1.165) is 16.0 Å². The summed E-state index contributed by atoms with van der Waals surface area (Å²) in [7, 11) is 0. The van der Waals surface area contributed by atoms with Gasteiger partial charge in [0.15, 0.2) is 0 Å². The first-order valence-corrected chi connectivity index (χ1v) is 9.57. The summed E-state index contributed by atoms with van der Waals surface area (Å²) in [5.41, 5.74) is 0.484. The molecule has 1 atom stereocenters. The lowest BCUT2D eigenvalue weighted by Crippen LogP contribution is -2.45. The molecule has 7 heteroatoms. The summed E-state index contributed by atoms with van der Waals surface area (Å²) in [6.07, 6.45) is 0.497. The van der Waals surface area contributed by atoms with Crippen molar-refractivity contribution in [2.24, 2.45) is 5.92 Å². The Bertz CT molecular complexity index is 1020. The number of hydrogen-bond donors (Lipinski definition) is 1. The third-order valence-corrected chi connectivity index (χ3v) is 4.95. The van der Waals surface area contributed by atoms with E-state index >= 15 is 0 Å². The maximum Gasteiger partial charge on any atom is 0.325 e. The minimum Gasteiger partial charge on any atom is -0.337 e. The van der Waals surface area contributed by atoms with Crippen molar-refractivity contribution in [3.05, 3.63) is 72.1 Å². The van der Waals surface area contributed by atoms with E-state index in [2.05, 4.69) is 15.5 Å². The second-order valence-electron chi connectivity index (χ2n) is 7.57. The number of carbonyl (C=O) groups is 2. The first kappa shape index (κ1) is 18.9. The Hall–Kier alpha value is -3.48. The van der Waals surface area contributed by atoms with Crippen molar-refractivity contribution in [3.63, 3.8) is 0 Å². The van der Waals surface area contributed by atoms with Gasteiger partial charge >= 0.3 is 6.03 Å². The molecule has 1 unspecified atom stereocenters. The van der Waals surface area contributed by atoms with E-state index in [-0.39, 0.29) is 24.3 Å². The molecule has 2 aromatic carbocycles. The van der Waals surface area contributed by atoms with Gasteiger partial charge in [-0.25, -0.2) is 4.79 Å². The molecule has 0 radical (unpaired) electrons. The molecule has 148 valence electrons. The summed E-state index contributed by atoms with van der Waals surface area (Å²) in [5, 5.41) is 6.89. The Morgan fingerprint density at radius 3 is 2.34 bits per heavy atom. The van der Waals surface area contributed by atoms with E-state index in [9.17, 15) is 9.59 Å². The van der Waals surface area contributed by atoms with Gasteiger partial charge in [0.25, 0.3) is 5.91 Å². The number of nitrogens with zero attached hydrogens (tertiary/aromatic N) is 3. The number of carbonyl (C=O) groups excluding carboxylic acids is 2. The van der Waals surface area contributed by atoms with Crippen molar-refractivity contribution in [1.82, 2.24) is 20.4 Å². The van der Waals surface area contributed by atoms with Crippen LogP contribution in [0.2, 0.25) is 0 Å². The van der Waals surface area contributed by atoms with Crippen LogP contribution in [0.1, 0.15) is 31.7 Å². The second kappa shape index (κ2) is 7.50. The molecule has 1 fully saturated rings. The summed E-state index contributed by atoms with van der Waals surface area (Å²) in [5.74, 6) is 0.527. The van der Waals surface area contributed by atoms with Crippen LogP contribution >= 0.6 is 0 Å². The van der Waals surface area contributed by atoms with E-state index in [1.807, 2.05) is 74.5 Å². The van der Waals surface area contributed by atoms with Crippen LogP contribution in [0.4, 0.5) is 4.79 Å². The van der Waals surface area contributed by atoms with Gasteiger partial charge in [-0.3, -0.25) is 9.69 Å². The van der Waals surface area contributed by atoms with Crippen molar-refractivity contribution >= 4 is 11.9 Å². The molecule has 0 spiro atoms. The fourth-order valence-electron chi connectivity index (χ4n) is 3.72. The van der Waals surface area contributed by atoms with Crippen LogP contribution in [0.15, 0.2) is 65.2 Å². The highest BCUT2D eigenvalue weighted by Crippen LogP contribution is 2.35. The Morgan fingerprint density at radius 2 is 1.69 bits per heavy atom. The van der Waals surface area contributed by atoms with Crippen molar-refractivity contribution in [3.8, 4) is 11.4 Å². The molecule has 1 aromatic heterocycles. The molecule has 7 nitrogen and oxygen atoms in total. The molecular weight excluding hydrogens is 368 g/mol. The number of benzene rings is 2. The van der Waals surface area contributed by atoms with E-state index in [1.165, 1.54) is 0 Å². The number of nitrogens with one attached hydrogen (secondary N) is 1. The van der Waals surface area contributed by atoms with Crippen molar-refractivity contribution in [2.45, 2.75) is 32.4 Å². The number of amides is 3. The smallest absolute Gasteiger partial charge is 0.325 e. The van der Waals surface area contributed by atoms with Crippen LogP contribution in [0.3, 0.4) is 0 Å². The zero-order valence-electron chi connectivity index (χ0n) is 16.3. The summed E-state index contributed by atoms with van der Waals surface area (Å²) in [4.78, 5) is 31.6. The number of rotatable bonds is 6. The quantitative estimate of drug-likeness (QED) is 0.648. The van der Waals surface area contributed by atoms with Crippen LogP contribution < -0.4 is 5.32 Å². The normalized spacial score (nSPS) is 19.1. The predicted molar refractivity (Wildman–Crippen MR) is 106 cm³/mol. The van der Waals surface area contributed by atoms with Gasteiger partial charge < -0.3 is 9.84 Å². The van der Waals surface area contributed by atoms with Crippen LogP contribution in [-0.2, 0) is 16.9 Å². The predicted octanol–water partition coefficient (Wildman–Crippen LogP) is 3.73. The molecule has 1 N–H and O–H groups in total. The Morgan fingerprint density at radius 1 is 1.03 bits per heavy atom. The number of hydrogen-bond acceptors (Lipinski definition) is 5. The minimum absolute atomic E-state index is 0.0722. The molecule has 4 rings (SSSR count). The molecule has 0 aliphatic carbocycles. The summed E-state index contributed by atoms with van der Waals surface area (Å²) < 4.78 is 5.30. The second-order valence-corrected chi connectivity index (χ2v) is 7.57. The van der Waals surface area contributed by atoms with Gasteiger partial charge in [0.2, 0.25) is 11.7 Å². The summed E-state index contributed by atoms with van der Waals surface area (Å²) in [6.45, 7) is 3.98. The summed E-state index contributed by atoms with van der Waals surface area (Å²) in [6, 6.07) is 18.3. The fourth-order valence-corrected chi connectivity index (χ4v) is 3.72. The van der Waals surface area contributed by atoms with Crippen LogP contribution in [0.25, 0.3) is 11.4 Å². The third kappa shape index (κ3) is 3.51. The lowest BCUT2D eigenvalue weighted by Gasteiger charge is -2.29. The van der Waals surface area contributed by atoms with Gasteiger partial charge in [0.05, 0.1) is 0 Å². The number of aromatic nitrogens is 2. The van der Waals surface area contributed by atoms with E-state index in [1.54, 1.807) is 0 Å². The van der Waals surface area contributed by atoms with Crippen LogP contribution in [0, 0.1) is 5.92 Å². The lowest BCUT2D eigenvalue weighted by atomic mass is 9.82. The average Bonchev–Trinajstić information content (AvgIpc) is 3.28. The SMILES string of the molecule is CC(C)CC1(c2ccccc2)NC(=O)N(Cc2nc(-c3ccccc3)no2)C1=O. The van der Waals surface area contributed by atoms with Gasteiger partial charge in [-0.05, 0) is 17.9 Å². The first-order chi connectivity index (χ1) is 14.0. The average molecular weight is 390 g/mol. The zero-order chi connectivity index (χ0) is 20.4. The molecule has 2 heterocycles. The van der Waals surface area contributed by atoms with Gasteiger partial charge in [-0.2, -0.15) is 4.98 Å². The standard InChI is InChI=1S/C22H22N4O3/c1-15(2)13-22(17-11-7-4-8-12-17)20(27)26(21(28)24-22)14-18-23-19(25-29-18)16-9-5-3-6-10-16/h3-12,15H,13-14H2,1-2H3,(H,24,28). The monoisotopic (exact) mass is 390 g/mol. The highest BCUT2D eigenvalue weighted by atomic mass is 16.5. The zero-order valence-corrected chi connectivity index (χ0v) is 16.3. The molecule has 1 aliphatic rings. The summed E-state index contributed by atoms with van der Waals surface area (Å²) >= 11 is 0. The highest BCUT2D eigenvalue weighted by Gasteiger charge is 2.52. The number of urea groups is 1. The van der Waals surface area contributed by atoms with Gasteiger partial charge in [-0.15, -0.1) is 0 Å². The van der Waals surface area contributed by atoms with E-state index in [4.69, 9.17) is 4.52 Å².